The highest BCUT2D eigenvalue weighted by Gasteiger charge is 2.46. The summed E-state index contributed by atoms with van der Waals surface area (Å²) in [6.45, 7) is -0.517. The van der Waals surface area contributed by atoms with Crippen molar-refractivity contribution >= 4 is 15.9 Å². The molecule has 19 heavy (non-hydrogen) atoms. The highest BCUT2D eigenvalue weighted by Crippen LogP contribution is 2.30. The number of H-pyrrole nitrogens is 1. The Bertz CT molecular complexity index is 570. The monoisotopic (exact) mass is 338 g/mol. The molecule has 4 N–H and O–H groups in total. The van der Waals surface area contributed by atoms with E-state index in [0.717, 1.165) is 10.8 Å². The van der Waals surface area contributed by atoms with Gasteiger partial charge >= 0.3 is 5.69 Å². The highest BCUT2D eigenvalue weighted by atomic mass is 79.9. The Balaban J connectivity index is 2.44. The number of aromatic amines is 1. The average molecular weight is 339 g/mol. The predicted molar refractivity (Wildman–Crippen MR) is 63.5 cm³/mol. The summed E-state index contributed by atoms with van der Waals surface area (Å²) in [6.07, 6.45) is -3.65. The zero-order valence-corrected chi connectivity index (χ0v) is 11.0. The summed E-state index contributed by atoms with van der Waals surface area (Å²) >= 11 is 2.94. The summed E-state index contributed by atoms with van der Waals surface area (Å²) < 4.78 is 6.22. The largest absolute Gasteiger partial charge is 0.394 e. The second kappa shape index (κ2) is 5.53. The number of aliphatic hydroxyl groups is 2. The van der Waals surface area contributed by atoms with Crippen LogP contribution in [0.5, 0.6) is 0 Å². The van der Waals surface area contributed by atoms with Gasteiger partial charge in [0.25, 0.3) is 5.56 Å². The van der Waals surface area contributed by atoms with Crippen LogP contribution >= 0.6 is 15.9 Å². The summed E-state index contributed by atoms with van der Waals surface area (Å²) in [5.74, 6) is 0. The van der Waals surface area contributed by atoms with Crippen molar-refractivity contribution in [1.82, 2.24) is 9.55 Å². The first kappa shape index (κ1) is 14.4. The van der Waals surface area contributed by atoms with Gasteiger partial charge in [-0.1, -0.05) is 0 Å². The lowest BCUT2D eigenvalue weighted by Gasteiger charge is -2.18. The van der Waals surface area contributed by atoms with Crippen molar-refractivity contribution in [3.05, 3.63) is 31.5 Å². The van der Waals surface area contributed by atoms with Crippen LogP contribution in [-0.4, -0.2) is 49.9 Å². The van der Waals surface area contributed by atoms with Gasteiger partial charge in [0.15, 0.2) is 12.3 Å². The molecule has 0 aromatic carbocycles. The topological polar surface area (TPSA) is 134 Å². The van der Waals surface area contributed by atoms with Crippen molar-refractivity contribution in [3.63, 3.8) is 0 Å². The molecule has 10 heteroatoms. The van der Waals surface area contributed by atoms with E-state index in [1.165, 1.54) is 0 Å². The molecule has 0 aliphatic carbocycles. The van der Waals surface area contributed by atoms with Crippen LogP contribution in [0.1, 0.15) is 6.23 Å². The van der Waals surface area contributed by atoms with Gasteiger partial charge in [0.2, 0.25) is 0 Å². The first-order valence-electron chi connectivity index (χ1n) is 5.25. The Morgan fingerprint density at radius 3 is 2.79 bits per heavy atom. The van der Waals surface area contributed by atoms with Gasteiger partial charge in [-0.25, -0.2) is 9.68 Å². The molecule has 106 valence electrons. The van der Waals surface area contributed by atoms with Gasteiger partial charge in [0.05, 0.1) is 11.1 Å². The van der Waals surface area contributed by atoms with E-state index >= 15 is 0 Å². The molecule has 1 saturated heterocycles. The van der Waals surface area contributed by atoms with Gasteiger partial charge in [-0.2, -0.15) is 0 Å². The Labute approximate surface area is 114 Å². The minimum atomic E-state index is -1.32. The standard InChI is InChI=1S/C9H11BrN2O7/c10-3-1-12(9(16)11-7(3)15)8-6(19-17)5(14)4(2-13)18-8/h1,4-6,8,13-14,17H,2H2,(H,11,15,16)/t4-,5+,6-,8-/m1/s1. The molecule has 1 fully saturated rings. The van der Waals surface area contributed by atoms with E-state index in [-0.39, 0.29) is 4.47 Å². The summed E-state index contributed by atoms with van der Waals surface area (Å²) in [5, 5.41) is 27.5. The molecule has 0 spiro atoms. The lowest BCUT2D eigenvalue weighted by Crippen LogP contribution is -2.39. The first-order chi connectivity index (χ1) is 8.99. The maximum Gasteiger partial charge on any atom is 0.330 e. The van der Waals surface area contributed by atoms with Crippen molar-refractivity contribution in [2.24, 2.45) is 0 Å². The van der Waals surface area contributed by atoms with Crippen LogP contribution in [0, 0.1) is 0 Å². The van der Waals surface area contributed by atoms with Crippen molar-refractivity contribution < 1.29 is 25.1 Å². The van der Waals surface area contributed by atoms with Gasteiger partial charge in [0, 0.05) is 6.20 Å². The molecule has 1 aliphatic rings. The zero-order valence-electron chi connectivity index (χ0n) is 9.39. The summed E-state index contributed by atoms with van der Waals surface area (Å²) in [6, 6.07) is 0. The Morgan fingerprint density at radius 1 is 1.53 bits per heavy atom. The quantitative estimate of drug-likeness (QED) is 0.385. The highest BCUT2D eigenvalue weighted by molar-refractivity contribution is 9.10. The van der Waals surface area contributed by atoms with Crippen molar-refractivity contribution in [1.29, 1.82) is 0 Å². The van der Waals surface area contributed by atoms with E-state index < -0.39 is 42.4 Å². The van der Waals surface area contributed by atoms with E-state index in [4.69, 9.17) is 15.1 Å². The van der Waals surface area contributed by atoms with Crippen molar-refractivity contribution in [2.75, 3.05) is 6.61 Å². The Hall–Kier alpha value is -1.04. The van der Waals surface area contributed by atoms with Gasteiger partial charge in [-0.05, 0) is 15.9 Å². The van der Waals surface area contributed by atoms with Crippen LogP contribution in [0.25, 0.3) is 0 Å². The number of hydrogen-bond donors (Lipinski definition) is 4. The van der Waals surface area contributed by atoms with Crippen LogP contribution in [0.4, 0.5) is 0 Å². The molecular weight excluding hydrogens is 328 g/mol. The van der Waals surface area contributed by atoms with Crippen LogP contribution in [0.2, 0.25) is 0 Å². The zero-order chi connectivity index (χ0) is 14.2. The third kappa shape index (κ3) is 2.50. The van der Waals surface area contributed by atoms with E-state index in [2.05, 4.69) is 20.8 Å². The second-order valence-electron chi connectivity index (χ2n) is 3.95. The summed E-state index contributed by atoms with van der Waals surface area (Å²) in [5.41, 5.74) is -1.42. The number of aliphatic hydroxyl groups excluding tert-OH is 2. The maximum absolute atomic E-state index is 11.7. The SMILES string of the molecule is O=c1[nH]c(=O)n([C@@H]2O[C@H](CO)[C@H](O)[C@H]2OO)cc1Br. The minimum absolute atomic E-state index is 0.0642. The van der Waals surface area contributed by atoms with Crippen LogP contribution < -0.4 is 11.2 Å². The predicted octanol–water partition coefficient (Wildman–Crippen LogP) is -1.59. The fourth-order valence-electron chi connectivity index (χ4n) is 1.86. The molecule has 0 amide bonds. The first-order valence-corrected chi connectivity index (χ1v) is 6.04. The van der Waals surface area contributed by atoms with E-state index in [9.17, 15) is 14.7 Å². The van der Waals surface area contributed by atoms with Gasteiger partial charge in [-0.3, -0.25) is 19.6 Å². The molecule has 1 aromatic heterocycles. The molecule has 0 unspecified atom stereocenters. The molecule has 1 aliphatic heterocycles. The molecule has 2 heterocycles. The van der Waals surface area contributed by atoms with Crippen molar-refractivity contribution in [3.8, 4) is 0 Å². The second-order valence-corrected chi connectivity index (χ2v) is 4.81. The number of nitrogens with one attached hydrogen (secondary N) is 1. The summed E-state index contributed by atoms with van der Waals surface area (Å²) in [7, 11) is 0. The van der Waals surface area contributed by atoms with Crippen LogP contribution in [0.15, 0.2) is 20.3 Å². The maximum atomic E-state index is 11.7. The number of hydrogen-bond acceptors (Lipinski definition) is 7. The smallest absolute Gasteiger partial charge is 0.330 e. The molecule has 2 rings (SSSR count). The van der Waals surface area contributed by atoms with E-state index in [0.29, 0.717) is 0 Å². The average Bonchev–Trinajstić information content (AvgIpc) is 2.70. The molecule has 1 aromatic rings. The van der Waals surface area contributed by atoms with Gasteiger partial charge in [0.1, 0.15) is 12.2 Å². The number of rotatable bonds is 3. The fraction of sp³-hybridized carbons (Fsp3) is 0.556. The number of nitrogens with zero attached hydrogens (tertiary/aromatic N) is 1. The lowest BCUT2D eigenvalue weighted by molar-refractivity contribution is -0.305. The number of aromatic nitrogens is 2. The Kier molecular flexibility index (Phi) is 4.18. The number of ether oxygens (including phenoxy) is 1. The molecule has 0 saturated carbocycles. The fourth-order valence-corrected chi connectivity index (χ4v) is 2.18. The summed E-state index contributed by atoms with van der Waals surface area (Å²) in [4.78, 5) is 29.0. The van der Waals surface area contributed by atoms with Crippen molar-refractivity contribution in [2.45, 2.75) is 24.5 Å². The molecule has 9 nitrogen and oxygen atoms in total. The van der Waals surface area contributed by atoms with Crippen LogP contribution in [0.3, 0.4) is 0 Å². The van der Waals surface area contributed by atoms with Crippen LogP contribution in [-0.2, 0) is 9.62 Å². The number of halogens is 1. The van der Waals surface area contributed by atoms with E-state index in [1.807, 2.05) is 4.98 Å². The van der Waals surface area contributed by atoms with Gasteiger partial charge in [-0.15, -0.1) is 0 Å². The molecular formula is C9H11BrN2O7. The molecule has 0 bridgehead atoms. The minimum Gasteiger partial charge on any atom is -0.394 e. The molecule has 0 radical (unpaired) electrons. The Morgan fingerprint density at radius 2 is 2.21 bits per heavy atom. The third-order valence-corrected chi connectivity index (χ3v) is 3.38. The van der Waals surface area contributed by atoms with Gasteiger partial charge < -0.3 is 14.9 Å². The molecule has 4 atom stereocenters. The lowest BCUT2D eigenvalue weighted by atomic mass is 10.1. The third-order valence-electron chi connectivity index (χ3n) is 2.81. The van der Waals surface area contributed by atoms with E-state index in [1.54, 1.807) is 0 Å². The normalized spacial score (nSPS) is 30.7.